The summed E-state index contributed by atoms with van der Waals surface area (Å²) in [6.07, 6.45) is 0. The van der Waals surface area contributed by atoms with Gasteiger partial charge >= 0.3 is 6.03 Å². The third-order valence-corrected chi connectivity index (χ3v) is 3.79. The van der Waals surface area contributed by atoms with Crippen LogP contribution in [0.3, 0.4) is 0 Å². The molecule has 2 amide bonds. The molecule has 0 atom stereocenters. The Morgan fingerprint density at radius 1 is 1.00 bits per heavy atom. The second-order valence-electron chi connectivity index (χ2n) is 5.63. The fourth-order valence-electron chi connectivity index (χ4n) is 2.33. The molecule has 0 aliphatic heterocycles. The normalized spacial score (nSPS) is 10.2. The number of para-hydroxylation sites is 2. The molecule has 2 N–H and O–H groups in total. The van der Waals surface area contributed by atoms with Gasteiger partial charge in [0, 0.05) is 0 Å². The SMILES string of the molecule is COc1ccccc1NC(=O)NCCOc1cc(C)c(C)cc1C. The topological polar surface area (TPSA) is 59.6 Å². The minimum atomic E-state index is -0.292. The van der Waals surface area contributed by atoms with Crippen LogP contribution in [0.4, 0.5) is 10.5 Å². The fourth-order valence-corrected chi connectivity index (χ4v) is 2.33. The van der Waals surface area contributed by atoms with Crippen LogP contribution in [0.25, 0.3) is 0 Å². The van der Waals surface area contributed by atoms with Crippen LogP contribution in [0, 0.1) is 20.8 Å². The molecule has 0 aromatic heterocycles. The van der Waals surface area contributed by atoms with Crippen molar-refractivity contribution in [1.82, 2.24) is 5.32 Å². The number of aryl methyl sites for hydroxylation is 3. The van der Waals surface area contributed by atoms with E-state index in [1.54, 1.807) is 19.2 Å². The molecule has 24 heavy (non-hydrogen) atoms. The van der Waals surface area contributed by atoms with Crippen LogP contribution in [0.5, 0.6) is 11.5 Å². The zero-order valence-corrected chi connectivity index (χ0v) is 14.6. The molecule has 0 unspecified atom stereocenters. The lowest BCUT2D eigenvalue weighted by Crippen LogP contribution is -2.32. The van der Waals surface area contributed by atoms with Crippen LogP contribution >= 0.6 is 0 Å². The minimum absolute atomic E-state index is 0.292. The molecule has 128 valence electrons. The summed E-state index contributed by atoms with van der Waals surface area (Å²) in [6.45, 7) is 6.97. The van der Waals surface area contributed by atoms with Crippen LogP contribution in [0.2, 0.25) is 0 Å². The van der Waals surface area contributed by atoms with E-state index in [1.165, 1.54) is 11.1 Å². The highest BCUT2D eigenvalue weighted by Gasteiger charge is 2.07. The third kappa shape index (κ3) is 4.65. The zero-order valence-electron chi connectivity index (χ0n) is 14.6. The van der Waals surface area contributed by atoms with Gasteiger partial charge in [0.25, 0.3) is 0 Å². The van der Waals surface area contributed by atoms with Crippen molar-refractivity contribution in [1.29, 1.82) is 0 Å². The molecule has 0 aliphatic rings. The Morgan fingerprint density at radius 2 is 1.71 bits per heavy atom. The van der Waals surface area contributed by atoms with Crippen molar-refractivity contribution in [2.75, 3.05) is 25.6 Å². The number of rotatable bonds is 6. The van der Waals surface area contributed by atoms with E-state index in [9.17, 15) is 4.79 Å². The van der Waals surface area contributed by atoms with E-state index in [-0.39, 0.29) is 6.03 Å². The van der Waals surface area contributed by atoms with Crippen LogP contribution in [0.1, 0.15) is 16.7 Å². The number of carbonyl (C=O) groups excluding carboxylic acids is 1. The molecule has 0 spiro atoms. The highest BCUT2D eigenvalue weighted by Crippen LogP contribution is 2.23. The van der Waals surface area contributed by atoms with Crippen molar-refractivity contribution in [3.63, 3.8) is 0 Å². The number of hydrogen-bond acceptors (Lipinski definition) is 3. The van der Waals surface area contributed by atoms with E-state index >= 15 is 0 Å². The largest absolute Gasteiger partial charge is 0.495 e. The number of amides is 2. The van der Waals surface area contributed by atoms with Crippen molar-refractivity contribution in [3.05, 3.63) is 53.1 Å². The van der Waals surface area contributed by atoms with E-state index < -0.39 is 0 Å². The molecule has 0 saturated carbocycles. The Morgan fingerprint density at radius 3 is 2.46 bits per heavy atom. The summed E-state index contributed by atoms with van der Waals surface area (Å²) >= 11 is 0. The Bertz CT molecular complexity index is 714. The van der Waals surface area contributed by atoms with E-state index in [0.717, 1.165) is 11.3 Å². The Hall–Kier alpha value is -2.69. The number of benzene rings is 2. The maximum absolute atomic E-state index is 11.9. The third-order valence-electron chi connectivity index (χ3n) is 3.79. The molecule has 5 nitrogen and oxygen atoms in total. The predicted molar refractivity (Wildman–Crippen MR) is 96.2 cm³/mol. The average Bonchev–Trinajstić information content (AvgIpc) is 2.56. The average molecular weight is 328 g/mol. The molecule has 0 fully saturated rings. The van der Waals surface area contributed by atoms with Crippen LogP contribution < -0.4 is 20.1 Å². The van der Waals surface area contributed by atoms with Gasteiger partial charge in [-0.05, 0) is 55.7 Å². The Labute approximate surface area is 143 Å². The second kappa shape index (κ2) is 8.24. The number of hydrogen-bond donors (Lipinski definition) is 2. The van der Waals surface area contributed by atoms with Gasteiger partial charge < -0.3 is 20.1 Å². The van der Waals surface area contributed by atoms with Gasteiger partial charge in [0.2, 0.25) is 0 Å². The number of ether oxygens (including phenoxy) is 2. The minimum Gasteiger partial charge on any atom is -0.495 e. The van der Waals surface area contributed by atoms with Gasteiger partial charge in [-0.2, -0.15) is 0 Å². The first-order chi connectivity index (χ1) is 11.5. The molecule has 2 aromatic rings. The summed E-state index contributed by atoms with van der Waals surface area (Å²) in [5, 5.41) is 5.53. The monoisotopic (exact) mass is 328 g/mol. The van der Waals surface area contributed by atoms with Gasteiger partial charge in [0.15, 0.2) is 0 Å². The van der Waals surface area contributed by atoms with Gasteiger partial charge in [-0.15, -0.1) is 0 Å². The summed E-state index contributed by atoms with van der Waals surface area (Å²) in [7, 11) is 1.57. The van der Waals surface area contributed by atoms with E-state index in [4.69, 9.17) is 9.47 Å². The molecule has 0 saturated heterocycles. The van der Waals surface area contributed by atoms with Gasteiger partial charge in [-0.25, -0.2) is 4.79 Å². The predicted octanol–water partition coefficient (Wildman–Crippen LogP) is 3.82. The Kier molecular flexibility index (Phi) is 6.07. The number of anilines is 1. The van der Waals surface area contributed by atoms with Crippen LogP contribution in [0.15, 0.2) is 36.4 Å². The summed E-state index contributed by atoms with van der Waals surface area (Å²) < 4.78 is 10.9. The van der Waals surface area contributed by atoms with Gasteiger partial charge in [0.1, 0.15) is 18.1 Å². The maximum atomic E-state index is 11.9. The quantitative estimate of drug-likeness (QED) is 0.793. The van der Waals surface area contributed by atoms with Crippen molar-refractivity contribution in [2.24, 2.45) is 0 Å². The van der Waals surface area contributed by atoms with Gasteiger partial charge in [-0.3, -0.25) is 0 Å². The first-order valence-corrected chi connectivity index (χ1v) is 7.89. The lowest BCUT2D eigenvalue weighted by molar-refractivity contribution is 0.247. The van der Waals surface area contributed by atoms with Crippen LogP contribution in [-0.4, -0.2) is 26.3 Å². The maximum Gasteiger partial charge on any atom is 0.319 e. The molecule has 5 heteroatoms. The molecular weight excluding hydrogens is 304 g/mol. The van der Waals surface area contributed by atoms with E-state index in [2.05, 4.69) is 30.5 Å². The van der Waals surface area contributed by atoms with Crippen LogP contribution in [-0.2, 0) is 0 Å². The molecule has 2 aromatic carbocycles. The molecule has 0 heterocycles. The standard InChI is InChI=1S/C19H24N2O3/c1-13-11-15(3)18(12-14(13)2)24-10-9-20-19(22)21-16-7-5-6-8-17(16)23-4/h5-8,11-12H,9-10H2,1-4H3,(H2,20,21,22). The molecule has 0 bridgehead atoms. The first kappa shape index (κ1) is 17.7. The van der Waals surface area contributed by atoms with Gasteiger partial charge in [-0.1, -0.05) is 18.2 Å². The Balaban J connectivity index is 1.80. The van der Waals surface area contributed by atoms with E-state index in [0.29, 0.717) is 24.6 Å². The van der Waals surface area contributed by atoms with Crippen molar-refractivity contribution in [3.8, 4) is 11.5 Å². The number of nitrogens with one attached hydrogen (secondary N) is 2. The lowest BCUT2D eigenvalue weighted by atomic mass is 10.1. The highest BCUT2D eigenvalue weighted by molar-refractivity contribution is 5.90. The zero-order chi connectivity index (χ0) is 17.5. The second-order valence-corrected chi connectivity index (χ2v) is 5.63. The number of methoxy groups -OCH3 is 1. The molecule has 0 radical (unpaired) electrons. The molecule has 2 rings (SSSR count). The number of carbonyl (C=O) groups is 1. The lowest BCUT2D eigenvalue weighted by Gasteiger charge is -2.13. The summed E-state index contributed by atoms with van der Waals surface area (Å²) in [4.78, 5) is 11.9. The summed E-state index contributed by atoms with van der Waals surface area (Å²) in [5.41, 5.74) is 4.16. The molecule has 0 aliphatic carbocycles. The smallest absolute Gasteiger partial charge is 0.319 e. The van der Waals surface area contributed by atoms with Gasteiger partial charge in [0.05, 0.1) is 19.3 Å². The highest BCUT2D eigenvalue weighted by atomic mass is 16.5. The van der Waals surface area contributed by atoms with Crippen molar-refractivity contribution < 1.29 is 14.3 Å². The summed E-state index contributed by atoms with van der Waals surface area (Å²) in [6, 6.07) is 11.1. The van der Waals surface area contributed by atoms with Crippen molar-refractivity contribution >= 4 is 11.7 Å². The summed E-state index contributed by atoms with van der Waals surface area (Å²) in [5.74, 6) is 1.47. The fraction of sp³-hybridized carbons (Fsp3) is 0.316. The molecular formula is C19H24N2O3. The van der Waals surface area contributed by atoms with Crippen molar-refractivity contribution in [2.45, 2.75) is 20.8 Å². The first-order valence-electron chi connectivity index (χ1n) is 7.89. The van der Waals surface area contributed by atoms with E-state index in [1.807, 2.05) is 25.1 Å². The number of urea groups is 1.